The average Bonchev–Trinajstić information content (AvgIpc) is 4.07. The van der Waals surface area contributed by atoms with Crippen LogP contribution in [-0.2, 0) is 10.8 Å². The molecule has 0 unspecified atom stereocenters. The molecule has 0 amide bonds. The lowest BCUT2D eigenvalue weighted by Gasteiger charge is -2.35. The summed E-state index contributed by atoms with van der Waals surface area (Å²) in [5.41, 5.74) is 25.4. The number of para-hydroxylation sites is 1. The van der Waals surface area contributed by atoms with Gasteiger partial charge in [0.1, 0.15) is 0 Å². The van der Waals surface area contributed by atoms with Gasteiger partial charge in [-0.2, -0.15) is 0 Å². The highest BCUT2D eigenvalue weighted by molar-refractivity contribution is 6.10. The number of nitrogens with zero attached hydrogens (tertiary/aromatic N) is 1. The van der Waals surface area contributed by atoms with Crippen molar-refractivity contribution < 1.29 is 0 Å². The maximum Gasteiger partial charge on any atom is 0.0725 e. The molecule has 0 atom stereocenters. The van der Waals surface area contributed by atoms with E-state index in [1.54, 1.807) is 0 Å². The highest BCUT2D eigenvalue weighted by Crippen LogP contribution is 2.65. The fourth-order valence-electron chi connectivity index (χ4n) is 13.6. The number of fused-ring (bicyclic) bond motifs is 14. The van der Waals surface area contributed by atoms with Gasteiger partial charge in [-0.15, -0.1) is 0 Å². The van der Waals surface area contributed by atoms with E-state index in [1.807, 2.05) is 0 Å². The summed E-state index contributed by atoms with van der Waals surface area (Å²) in [5, 5.41) is 2.46. The van der Waals surface area contributed by atoms with Crippen LogP contribution in [0, 0.1) is 0 Å². The van der Waals surface area contributed by atoms with Gasteiger partial charge < -0.3 is 4.90 Å². The molecule has 12 aromatic rings. The first-order chi connectivity index (χ1) is 36.2. The Morgan fingerprint density at radius 2 is 0.685 bits per heavy atom. The zero-order valence-electron chi connectivity index (χ0n) is 40.1. The summed E-state index contributed by atoms with van der Waals surface area (Å²) in [7, 11) is 0. The van der Waals surface area contributed by atoms with Crippen molar-refractivity contribution in [1.29, 1.82) is 0 Å². The summed E-state index contributed by atoms with van der Waals surface area (Å²) >= 11 is 0. The van der Waals surface area contributed by atoms with Gasteiger partial charge in [-0.1, -0.05) is 249 Å². The zero-order valence-corrected chi connectivity index (χ0v) is 40.1. The highest BCUT2D eigenvalue weighted by atomic mass is 15.1. The lowest BCUT2D eigenvalue weighted by atomic mass is 9.67. The molecule has 0 saturated carbocycles. The number of hydrogen-bond donors (Lipinski definition) is 0. The van der Waals surface area contributed by atoms with Crippen LogP contribution in [0.5, 0.6) is 0 Å². The Morgan fingerprint density at radius 3 is 1.34 bits per heavy atom. The molecular weight excluding hydrogens is 879 g/mol. The molecule has 340 valence electrons. The summed E-state index contributed by atoms with van der Waals surface area (Å²) < 4.78 is 0. The minimum atomic E-state index is -0.523. The van der Waals surface area contributed by atoms with Crippen molar-refractivity contribution >= 4 is 27.8 Å². The Morgan fingerprint density at radius 1 is 0.233 bits per heavy atom. The fraction of sp³-hybridized carbons (Fsp3) is 0.0278. The van der Waals surface area contributed by atoms with Crippen molar-refractivity contribution in [3.8, 4) is 55.6 Å². The Hall–Kier alpha value is -9.30. The minimum Gasteiger partial charge on any atom is -0.310 e. The van der Waals surface area contributed by atoms with Gasteiger partial charge in [0.05, 0.1) is 10.8 Å². The quantitative estimate of drug-likeness (QED) is 0.154. The lowest BCUT2D eigenvalue weighted by Crippen LogP contribution is -2.28. The molecule has 1 spiro atoms. The minimum absolute atomic E-state index is 0.439. The number of rotatable bonds is 7. The Balaban J connectivity index is 0.951. The van der Waals surface area contributed by atoms with Gasteiger partial charge >= 0.3 is 0 Å². The van der Waals surface area contributed by atoms with Gasteiger partial charge in [0.25, 0.3) is 0 Å². The molecule has 0 saturated heterocycles. The van der Waals surface area contributed by atoms with Crippen LogP contribution < -0.4 is 4.90 Å². The smallest absolute Gasteiger partial charge is 0.0725 e. The number of benzene rings is 12. The summed E-state index contributed by atoms with van der Waals surface area (Å²) in [6.45, 7) is 0. The largest absolute Gasteiger partial charge is 0.310 e. The van der Waals surface area contributed by atoms with E-state index >= 15 is 0 Å². The maximum atomic E-state index is 2.47. The number of anilines is 3. The van der Waals surface area contributed by atoms with E-state index in [9.17, 15) is 0 Å². The van der Waals surface area contributed by atoms with Crippen LogP contribution in [0.2, 0.25) is 0 Å². The van der Waals surface area contributed by atoms with Crippen LogP contribution >= 0.6 is 0 Å². The maximum absolute atomic E-state index is 2.47. The van der Waals surface area contributed by atoms with Crippen molar-refractivity contribution in [2.45, 2.75) is 10.8 Å². The van der Waals surface area contributed by atoms with Gasteiger partial charge in [0.2, 0.25) is 0 Å². The molecule has 1 heteroatoms. The summed E-state index contributed by atoms with van der Waals surface area (Å²) in [4.78, 5) is 2.45. The molecule has 0 bridgehead atoms. The van der Waals surface area contributed by atoms with Crippen LogP contribution in [0.15, 0.2) is 285 Å². The van der Waals surface area contributed by atoms with Gasteiger partial charge in [0, 0.05) is 17.1 Å². The first-order valence-electron chi connectivity index (χ1n) is 25.5. The third-order valence-electron chi connectivity index (χ3n) is 16.3. The molecule has 0 aliphatic heterocycles. The van der Waals surface area contributed by atoms with Crippen LogP contribution in [0.1, 0.15) is 44.5 Å². The standard InChI is InChI=1S/C72H47N/c1-4-24-50(25-5-1)71(51-26-6-2-7-27-51)63-37-16-12-34-59(63)60-45-43-54(47-68(60)71)73(52-28-8-3-9-29-52)53-30-20-23-49(46-53)56-44-42-48-22-10-11-31-55(48)69(56)62-36-21-41-67-70(62)61-35-15-19-40-66(61)72(67)64-38-17-13-32-57(64)58-33-14-18-39-65(58)72/h1-47H. The van der Waals surface area contributed by atoms with Crippen LogP contribution in [0.4, 0.5) is 17.1 Å². The van der Waals surface area contributed by atoms with E-state index in [0.29, 0.717) is 0 Å². The Kier molecular flexibility index (Phi) is 9.16. The second-order valence-electron chi connectivity index (χ2n) is 19.8. The van der Waals surface area contributed by atoms with E-state index in [0.717, 1.165) is 22.6 Å². The summed E-state index contributed by atoms with van der Waals surface area (Å²) in [6.07, 6.45) is 0. The molecule has 0 N–H and O–H groups in total. The third-order valence-corrected chi connectivity index (χ3v) is 16.3. The monoisotopic (exact) mass is 925 g/mol. The van der Waals surface area contributed by atoms with E-state index < -0.39 is 10.8 Å². The average molecular weight is 926 g/mol. The first kappa shape index (κ1) is 41.5. The van der Waals surface area contributed by atoms with E-state index in [-0.39, 0.29) is 0 Å². The molecule has 15 rings (SSSR count). The molecule has 73 heavy (non-hydrogen) atoms. The van der Waals surface area contributed by atoms with Gasteiger partial charge in [-0.3, -0.25) is 0 Å². The van der Waals surface area contributed by atoms with Crippen molar-refractivity contribution in [2.24, 2.45) is 0 Å². The van der Waals surface area contributed by atoms with Crippen molar-refractivity contribution in [3.05, 3.63) is 330 Å². The molecule has 12 aromatic carbocycles. The molecule has 0 fully saturated rings. The summed E-state index contributed by atoms with van der Waals surface area (Å²) in [6, 6.07) is 107. The number of hydrogen-bond acceptors (Lipinski definition) is 1. The zero-order chi connectivity index (χ0) is 48.1. The molecular formula is C72H47N. The molecule has 0 heterocycles. The molecule has 0 radical (unpaired) electrons. The molecule has 0 aromatic heterocycles. The summed E-state index contributed by atoms with van der Waals surface area (Å²) in [5.74, 6) is 0. The molecule has 3 aliphatic rings. The Labute approximate surface area is 426 Å². The predicted octanol–water partition coefficient (Wildman–Crippen LogP) is 18.4. The van der Waals surface area contributed by atoms with Crippen molar-refractivity contribution in [1.82, 2.24) is 0 Å². The molecule has 3 aliphatic carbocycles. The predicted molar refractivity (Wildman–Crippen MR) is 303 cm³/mol. The van der Waals surface area contributed by atoms with Gasteiger partial charge in [-0.05, 0) is 147 Å². The van der Waals surface area contributed by atoms with Crippen molar-refractivity contribution in [2.75, 3.05) is 4.90 Å². The van der Waals surface area contributed by atoms with E-state index in [1.165, 1.54) is 105 Å². The van der Waals surface area contributed by atoms with Crippen LogP contribution in [0.3, 0.4) is 0 Å². The van der Waals surface area contributed by atoms with E-state index in [2.05, 4.69) is 290 Å². The van der Waals surface area contributed by atoms with E-state index in [4.69, 9.17) is 0 Å². The van der Waals surface area contributed by atoms with Gasteiger partial charge in [0.15, 0.2) is 0 Å². The lowest BCUT2D eigenvalue weighted by molar-refractivity contribution is 0.768. The van der Waals surface area contributed by atoms with Crippen LogP contribution in [-0.4, -0.2) is 0 Å². The first-order valence-corrected chi connectivity index (χ1v) is 25.5. The second kappa shape index (κ2) is 16.1. The normalized spacial score (nSPS) is 13.7. The topological polar surface area (TPSA) is 3.24 Å². The highest BCUT2D eigenvalue weighted by Gasteiger charge is 2.52. The second-order valence-corrected chi connectivity index (χ2v) is 19.8. The molecule has 1 nitrogen and oxygen atoms in total. The van der Waals surface area contributed by atoms with Crippen LogP contribution in [0.25, 0.3) is 66.4 Å². The van der Waals surface area contributed by atoms with Crippen molar-refractivity contribution in [3.63, 3.8) is 0 Å². The SMILES string of the molecule is c1ccc(N(c2cccc(-c3ccc4ccccc4c3-c3cccc4c3-c3ccccc3C43c4ccccc4-c4ccccc43)c2)c2ccc3c(c2)C(c2ccccc2)(c2ccccc2)c2ccccc2-3)cc1. The Bertz CT molecular complexity index is 4060. The van der Waals surface area contributed by atoms with Gasteiger partial charge in [-0.25, -0.2) is 0 Å². The fourth-order valence-corrected chi connectivity index (χ4v) is 13.6. The third kappa shape index (κ3) is 5.79.